The van der Waals surface area contributed by atoms with Crippen LogP contribution in [0.4, 0.5) is 17.1 Å². The average molecular weight is 435 g/mol. The van der Waals surface area contributed by atoms with E-state index in [2.05, 4.69) is 5.32 Å². The third-order valence-electron chi connectivity index (χ3n) is 4.04. The monoisotopic (exact) mass is 435 g/mol. The predicted molar refractivity (Wildman–Crippen MR) is 111 cm³/mol. The Hall–Kier alpha value is -3.47. The van der Waals surface area contributed by atoms with Crippen LogP contribution in [0.1, 0.15) is 22.8 Å². The summed E-state index contributed by atoms with van der Waals surface area (Å²) in [5.74, 6) is -1.16. The third-order valence-corrected chi connectivity index (χ3v) is 5.17. The summed E-state index contributed by atoms with van der Waals surface area (Å²) in [5, 5.41) is 13.6. The lowest BCUT2D eigenvalue weighted by Gasteiger charge is -2.23. The number of anilines is 2. The SMILES string of the molecule is CCOC(=O)c1ccc(NC(=O)CN(c2cc([N+](=O)[O-])ccc2C)S(C)(=O)=O)cc1. The zero-order chi connectivity index (χ0) is 22.5. The fraction of sp³-hybridized carbons (Fsp3) is 0.263. The van der Waals surface area contributed by atoms with E-state index in [0.29, 0.717) is 16.8 Å². The van der Waals surface area contributed by atoms with Crippen molar-refractivity contribution < 1.29 is 27.7 Å². The molecule has 0 saturated carbocycles. The van der Waals surface area contributed by atoms with Gasteiger partial charge in [0, 0.05) is 17.8 Å². The van der Waals surface area contributed by atoms with Gasteiger partial charge in [0.15, 0.2) is 0 Å². The third kappa shape index (κ3) is 5.77. The molecule has 0 aromatic heterocycles. The zero-order valence-corrected chi connectivity index (χ0v) is 17.4. The molecule has 0 heterocycles. The molecule has 1 amide bonds. The predicted octanol–water partition coefficient (Wildman–Crippen LogP) is 2.48. The number of rotatable bonds is 8. The van der Waals surface area contributed by atoms with Crippen molar-refractivity contribution in [1.82, 2.24) is 0 Å². The van der Waals surface area contributed by atoms with Gasteiger partial charge in [-0.15, -0.1) is 0 Å². The summed E-state index contributed by atoms with van der Waals surface area (Å²) < 4.78 is 30.2. The standard InChI is InChI=1S/C19H21N3O7S/c1-4-29-19(24)14-6-8-15(9-7-14)20-18(23)12-21(30(3,27)28)17-11-16(22(25)26)10-5-13(17)2/h5-11H,4,12H2,1-3H3,(H,20,23). The molecule has 0 bridgehead atoms. The van der Waals surface area contributed by atoms with Gasteiger partial charge in [-0.05, 0) is 43.7 Å². The molecule has 0 aliphatic carbocycles. The Morgan fingerprint density at radius 3 is 2.33 bits per heavy atom. The summed E-state index contributed by atoms with van der Waals surface area (Å²) in [7, 11) is -3.91. The van der Waals surface area contributed by atoms with E-state index in [1.807, 2.05) is 0 Å². The van der Waals surface area contributed by atoms with Crippen LogP contribution >= 0.6 is 0 Å². The van der Waals surface area contributed by atoms with Crippen LogP contribution < -0.4 is 9.62 Å². The number of aryl methyl sites for hydroxylation is 1. The van der Waals surface area contributed by atoms with E-state index in [4.69, 9.17) is 4.74 Å². The van der Waals surface area contributed by atoms with Gasteiger partial charge in [-0.2, -0.15) is 0 Å². The Morgan fingerprint density at radius 2 is 1.80 bits per heavy atom. The number of nitro groups is 1. The number of amides is 1. The van der Waals surface area contributed by atoms with Crippen molar-refractivity contribution in [2.24, 2.45) is 0 Å². The first-order valence-corrected chi connectivity index (χ1v) is 10.7. The molecular formula is C19H21N3O7S. The molecule has 0 aliphatic heterocycles. The molecule has 0 unspecified atom stereocenters. The Kier molecular flexibility index (Phi) is 7.11. The highest BCUT2D eigenvalue weighted by molar-refractivity contribution is 7.92. The zero-order valence-electron chi connectivity index (χ0n) is 16.6. The van der Waals surface area contributed by atoms with Crippen molar-refractivity contribution in [3.63, 3.8) is 0 Å². The number of carbonyl (C=O) groups is 2. The lowest BCUT2D eigenvalue weighted by Crippen LogP contribution is -2.37. The van der Waals surface area contributed by atoms with E-state index in [-0.39, 0.29) is 18.0 Å². The molecule has 10 nitrogen and oxygen atoms in total. The topological polar surface area (TPSA) is 136 Å². The molecule has 0 atom stereocenters. The molecule has 0 saturated heterocycles. The first-order chi connectivity index (χ1) is 14.0. The summed E-state index contributed by atoms with van der Waals surface area (Å²) in [6.07, 6.45) is 0.909. The normalized spacial score (nSPS) is 10.9. The molecule has 1 N–H and O–H groups in total. The number of nitrogens with one attached hydrogen (secondary N) is 1. The van der Waals surface area contributed by atoms with E-state index in [0.717, 1.165) is 16.6 Å². The molecular weight excluding hydrogens is 414 g/mol. The van der Waals surface area contributed by atoms with Gasteiger partial charge in [0.05, 0.1) is 29.0 Å². The van der Waals surface area contributed by atoms with Crippen molar-refractivity contribution >= 4 is 39.0 Å². The average Bonchev–Trinajstić information content (AvgIpc) is 2.66. The number of non-ortho nitro benzene ring substituents is 1. The second kappa shape index (κ2) is 9.35. The van der Waals surface area contributed by atoms with Gasteiger partial charge in [0.25, 0.3) is 5.69 Å². The van der Waals surface area contributed by atoms with Crippen molar-refractivity contribution in [2.45, 2.75) is 13.8 Å². The largest absolute Gasteiger partial charge is 0.462 e. The van der Waals surface area contributed by atoms with Gasteiger partial charge in [0.2, 0.25) is 15.9 Å². The number of carbonyl (C=O) groups excluding carboxylic acids is 2. The van der Waals surface area contributed by atoms with Gasteiger partial charge in [0.1, 0.15) is 6.54 Å². The lowest BCUT2D eigenvalue weighted by atomic mass is 10.2. The fourth-order valence-electron chi connectivity index (χ4n) is 2.60. The number of benzene rings is 2. The molecule has 2 aromatic rings. The van der Waals surface area contributed by atoms with E-state index in [1.165, 1.54) is 36.4 Å². The summed E-state index contributed by atoms with van der Waals surface area (Å²) >= 11 is 0. The number of sulfonamides is 1. The first kappa shape index (κ1) is 22.8. The molecule has 0 spiro atoms. The summed E-state index contributed by atoms with van der Waals surface area (Å²) in [4.78, 5) is 34.5. The molecule has 2 rings (SSSR count). The summed E-state index contributed by atoms with van der Waals surface area (Å²) in [5.41, 5.74) is 0.855. The second-order valence-corrected chi connectivity index (χ2v) is 8.25. The Balaban J connectivity index is 2.22. The van der Waals surface area contributed by atoms with E-state index in [9.17, 15) is 28.1 Å². The lowest BCUT2D eigenvalue weighted by molar-refractivity contribution is -0.384. The van der Waals surface area contributed by atoms with Crippen LogP contribution in [0.25, 0.3) is 0 Å². The number of hydrogen-bond acceptors (Lipinski definition) is 7. The van der Waals surface area contributed by atoms with Crippen LogP contribution in [-0.4, -0.2) is 44.6 Å². The van der Waals surface area contributed by atoms with Gasteiger partial charge in [-0.25, -0.2) is 13.2 Å². The van der Waals surface area contributed by atoms with Crippen molar-refractivity contribution in [1.29, 1.82) is 0 Å². The minimum Gasteiger partial charge on any atom is -0.462 e. The first-order valence-electron chi connectivity index (χ1n) is 8.82. The summed E-state index contributed by atoms with van der Waals surface area (Å²) in [6, 6.07) is 9.67. The van der Waals surface area contributed by atoms with Crippen LogP contribution in [0.15, 0.2) is 42.5 Å². The molecule has 11 heteroatoms. The Labute approximate surface area is 173 Å². The van der Waals surface area contributed by atoms with Crippen LogP contribution in [0, 0.1) is 17.0 Å². The second-order valence-electron chi connectivity index (χ2n) is 6.34. The maximum Gasteiger partial charge on any atom is 0.338 e. The molecule has 0 aliphatic rings. The molecule has 160 valence electrons. The highest BCUT2D eigenvalue weighted by atomic mass is 32.2. The van der Waals surface area contributed by atoms with Crippen LogP contribution in [0.5, 0.6) is 0 Å². The van der Waals surface area contributed by atoms with Gasteiger partial charge in [-0.3, -0.25) is 19.2 Å². The smallest absolute Gasteiger partial charge is 0.338 e. The minimum absolute atomic E-state index is 0.0412. The Bertz CT molecular complexity index is 1070. The van der Waals surface area contributed by atoms with E-state index >= 15 is 0 Å². The molecule has 30 heavy (non-hydrogen) atoms. The maximum atomic E-state index is 12.5. The quantitative estimate of drug-likeness (QED) is 0.382. The van der Waals surface area contributed by atoms with Crippen molar-refractivity contribution in [2.75, 3.05) is 29.0 Å². The van der Waals surface area contributed by atoms with Crippen LogP contribution in [0.2, 0.25) is 0 Å². The van der Waals surface area contributed by atoms with Gasteiger partial charge in [-0.1, -0.05) is 6.07 Å². The number of nitro benzene ring substituents is 1. The number of nitrogens with zero attached hydrogens (tertiary/aromatic N) is 2. The van der Waals surface area contributed by atoms with Crippen LogP contribution in [-0.2, 0) is 19.6 Å². The molecule has 2 aromatic carbocycles. The highest BCUT2D eigenvalue weighted by Gasteiger charge is 2.24. The van der Waals surface area contributed by atoms with Crippen LogP contribution in [0.3, 0.4) is 0 Å². The van der Waals surface area contributed by atoms with E-state index in [1.54, 1.807) is 13.8 Å². The number of esters is 1. The van der Waals surface area contributed by atoms with Gasteiger partial charge >= 0.3 is 5.97 Å². The highest BCUT2D eigenvalue weighted by Crippen LogP contribution is 2.27. The van der Waals surface area contributed by atoms with E-state index < -0.39 is 33.4 Å². The minimum atomic E-state index is -3.91. The maximum absolute atomic E-state index is 12.5. The number of ether oxygens (including phenoxy) is 1. The van der Waals surface area contributed by atoms with Crippen molar-refractivity contribution in [3.8, 4) is 0 Å². The summed E-state index contributed by atoms with van der Waals surface area (Å²) in [6.45, 7) is 2.92. The fourth-order valence-corrected chi connectivity index (χ4v) is 3.50. The Morgan fingerprint density at radius 1 is 1.17 bits per heavy atom. The van der Waals surface area contributed by atoms with Gasteiger partial charge < -0.3 is 10.1 Å². The van der Waals surface area contributed by atoms with Crippen molar-refractivity contribution in [3.05, 3.63) is 63.7 Å². The number of hydrogen-bond donors (Lipinski definition) is 1. The molecule has 0 fully saturated rings. The molecule has 0 radical (unpaired) electrons.